The molecule has 2 amide bonds. The van der Waals surface area contributed by atoms with Crippen molar-refractivity contribution in [3.05, 3.63) is 24.5 Å². The van der Waals surface area contributed by atoms with E-state index in [1.807, 2.05) is 6.07 Å². The van der Waals surface area contributed by atoms with Gasteiger partial charge in [-0.1, -0.05) is 26.2 Å². The predicted molar refractivity (Wildman–Crippen MR) is 65.4 cm³/mol. The van der Waals surface area contributed by atoms with Crippen LogP contribution in [0.3, 0.4) is 0 Å². The number of hydrogen-bond donors (Lipinski definition) is 2. The van der Waals surface area contributed by atoms with Crippen LogP contribution >= 0.6 is 0 Å². The number of aromatic nitrogens is 1. The van der Waals surface area contributed by atoms with E-state index in [-0.39, 0.29) is 6.03 Å². The zero-order valence-corrected chi connectivity index (χ0v) is 9.70. The van der Waals surface area contributed by atoms with Gasteiger partial charge in [-0.15, -0.1) is 0 Å². The minimum absolute atomic E-state index is 0.163. The van der Waals surface area contributed by atoms with Gasteiger partial charge in [0.15, 0.2) is 0 Å². The fraction of sp³-hybridized carbons (Fsp3) is 0.500. The van der Waals surface area contributed by atoms with Crippen LogP contribution in [0, 0.1) is 0 Å². The van der Waals surface area contributed by atoms with Gasteiger partial charge in [-0.2, -0.15) is 0 Å². The summed E-state index contributed by atoms with van der Waals surface area (Å²) in [6, 6.07) is 3.44. The van der Waals surface area contributed by atoms with Crippen LogP contribution in [0.15, 0.2) is 24.5 Å². The fourth-order valence-electron chi connectivity index (χ4n) is 1.37. The molecule has 0 aliphatic heterocycles. The summed E-state index contributed by atoms with van der Waals surface area (Å²) in [5.41, 5.74) is 0.716. The summed E-state index contributed by atoms with van der Waals surface area (Å²) < 4.78 is 0. The molecule has 1 heterocycles. The molecule has 1 rings (SSSR count). The van der Waals surface area contributed by atoms with Crippen molar-refractivity contribution in [2.45, 2.75) is 32.6 Å². The van der Waals surface area contributed by atoms with E-state index in [1.54, 1.807) is 18.5 Å². The van der Waals surface area contributed by atoms with Crippen molar-refractivity contribution >= 4 is 11.7 Å². The highest BCUT2D eigenvalue weighted by Crippen LogP contribution is 2.02. The summed E-state index contributed by atoms with van der Waals surface area (Å²) in [6.07, 6.45) is 7.94. The molecule has 0 unspecified atom stereocenters. The molecule has 1 aromatic rings. The lowest BCUT2D eigenvalue weighted by molar-refractivity contribution is 0.252. The number of unbranched alkanes of at least 4 members (excludes halogenated alkanes) is 3. The molecule has 16 heavy (non-hydrogen) atoms. The van der Waals surface area contributed by atoms with E-state index in [0.29, 0.717) is 5.69 Å². The van der Waals surface area contributed by atoms with Gasteiger partial charge in [0, 0.05) is 12.7 Å². The lowest BCUT2D eigenvalue weighted by Gasteiger charge is -2.06. The Morgan fingerprint density at radius 3 is 2.94 bits per heavy atom. The molecule has 0 radical (unpaired) electrons. The second kappa shape index (κ2) is 7.68. The van der Waals surface area contributed by atoms with Crippen LogP contribution in [0.4, 0.5) is 10.5 Å². The van der Waals surface area contributed by atoms with Crippen molar-refractivity contribution in [1.29, 1.82) is 0 Å². The SMILES string of the molecule is CCCCCCNC(=O)Nc1cccnc1. The van der Waals surface area contributed by atoms with Crippen molar-refractivity contribution in [2.24, 2.45) is 0 Å². The quantitative estimate of drug-likeness (QED) is 0.726. The summed E-state index contributed by atoms with van der Waals surface area (Å²) in [5.74, 6) is 0. The Bertz CT molecular complexity index is 300. The zero-order valence-electron chi connectivity index (χ0n) is 9.70. The number of hydrogen-bond acceptors (Lipinski definition) is 2. The van der Waals surface area contributed by atoms with Gasteiger partial charge in [0.05, 0.1) is 11.9 Å². The van der Waals surface area contributed by atoms with Crippen LogP contribution in [0.2, 0.25) is 0 Å². The van der Waals surface area contributed by atoms with Crippen LogP contribution < -0.4 is 10.6 Å². The third-order valence-electron chi connectivity index (χ3n) is 2.24. The molecule has 4 nitrogen and oxygen atoms in total. The highest BCUT2D eigenvalue weighted by Gasteiger charge is 1.99. The van der Waals surface area contributed by atoms with Gasteiger partial charge in [0.1, 0.15) is 0 Å². The number of rotatable bonds is 6. The van der Waals surface area contributed by atoms with Gasteiger partial charge >= 0.3 is 6.03 Å². The molecule has 4 heteroatoms. The largest absolute Gasteiger partial charge is 0.338 e. The first kappa shape index (κ1) is 12.5. The lowest BCUT2D eigenvalue weighted by Crippen LogP contribution is -2.29. The Hall–Kier alpha value is -1.58. The molecular formula is C12H19N3O. The molecule has 1 aromatic heterocycles. The molecule has 0 bridgehead atoms. The number of anilines is 1. The molecule has 0 spiro atoms. The standard InChI is InChI=1S/C12H19N3O/c1-2-3-4-5-9-14-12(16)15-11-7-6-8-13-10-11/h6-8,10H,2-5,9H2,1H3,(H2,14,15,16). The Morgan fingerprint density at radius 2 is 2.25 bits per heavy atom. The van der Waals surface area contributed by atoms with E-state index in [2.05, 4.69) is 22.5 Å². The number of urea groups is 1. The minimum atomic E-state index is -0.163. The van der Waals surface area contributed by atoms with Crippen molar-refractivity contribution in [2.75, 3.05) is 11.9 Å². The van der Waals surface area contributed by atoms with E-state index >= 15 is 0 Å². The molecule has 0 atom stereocenters. The minimum Gasteiger partial charge on any atom is -0.338 e. The van der Waals surface area contributed by atoms with E-state index in [9.17, 15) is 4.79 Å². The van der Waals surface area contributed by atoms with Gasteiger partial charge in [-0.3, -0.25) is 4.98 Å². The monoisotopic (exact) mass is 221 g/mol. The summed E-state index contributed by atoms with van der Waals surface area (Å²) in [6.45, 7) is 2.90. The summed E-state index contributed by atoms with van der Waals surface area (Å²) >= 11 is 0. The number of amides is 2. The van der Waals surface area contributed by atoms with Gasteiger partial charge in [-0.05, 0) is 18.6 Å². The van der Waals surface area contributed by atoms with Crippen LogP contribution in [-0.4, -0.2) is 17.6 Å². The Labute approximate surface area is 96.5 Å². The second-order valence-corrected chi connectivity index (χ2v) is 3.68. The highest BCUT2D eigenvalue weighted by atomic mass is 16.2. The first-order chi connectivity index (χ1) is 7.83. The lowest BCUT2D eigenvalue weighted by atomic mass is 10.2. The predicted octanol–water partition coefficient (Wildman–Crippen LogP) is 2.78. The van der Waals surface area contributed by atoms with Crippen LogP contribution in [0.25, 0.3) is 0 Å². The van der Waals surface area contributed by atoms with E-state index in [4.69, 9.17) is 0 Å². The zero-order chi connectivity index (χ0) is 11.6. The third kappa shape index (κ3) is 5.34. The Kier molecular flexibility index (Phi) is 5.99. The van der Waals surface area contributed by atoms with Gasteiger partial charge in [0.25, 0.3) is 0 Å². The topological polar surface area (TPSA) is 54.0 Å². The third-order valence-corrected chi connectivity index (χ3v) is 2.24. The maximum absolute atomic E-state index is 11.4. The van der Waals surface area contributed by atoms with E-state index < -0.39 is 0 Å². The van der Waals surface area contributed by atoms with Crippen molar-refractivity contribution in [3.8, 4) is 0 Å². The van der Waals surface area contributed by atoms with Crippen molar-refractivity contribution in [3.63, 3.8) is 0 Å². The molecule has 0 aliphatic carbocycles. The smallest absolute Gasteiger partial charge is 0.319 e. The van der Waals surface area contributed by atoms with E-state index in [1.165, 1.54) is 19.3 Å². The highest BCUT2D eigenvalue weighted by molar-refractivity contribution is 5.88. The van der Waals surface area contributed by atoms with Crippen molar-refractivity contribution in [1.82, 2.24) is 10.3 Å². The maximum Gasteiger partial charge on any atom is 0.319 e. The number of carbonyl (C=O) groups excluding carboxylic acids is 1. The van der Waals surface area contributed by atoms with Crippen molar-refractivity contribution < 1.29 is 4.79 Å². The molecule has 2 N–H and O–H groups in total. The molecule has 0 fully saturated rings. The van der Waals surface area contributed by atoms with Crippen LogP contribution in [0.5, 0.6) is 0 Å². The summed E-state index contributed by atoms with van der Waals surface area (Å²) in [7, 11) is 0. The average molecular weight is 221 g/mol. The molecule has 0 aromatic carbocycles. The normalized spacial score (nSPS) is 9.81. The van der Waals surface area contributed by atoms with Gasteiger partial charge < -0.3 is 10.6 Å². The number of nitrogens with one attached hydrogen (secondary N) is 2. The van der Waals surface area contributed by atoms with E-state index in [0.717, 1.165) is 13.0 Å². The first-order valence-corrected chi connectivity index (χ1v) is 5.78. The Balaban J connectivity index is 2.12. The Morgan fingerprint density at radius 1 is 1.38 bits per heavy atom. The van der Waals surface area contributed by atoms with Crippen LogP contribution in [0.1, 0.15) is 32.6 Å². The first-order valence-electron chi connectivity index (χ1n) is 5.78. The summed E-state index contributed by atoms with van der Waals surface area (Å²) in [5, 5.41) is 5.53. The maximum atomic E-state index is 11.4. The summed E-state index contributed by atoms with van der Waals surface area (Å²) in [4.78, 5) is 15.3. The molecule has 0 saturated carbocycles. The number of carbonyl (C=O) groups is 1. The molecule has 0 aliphatic rings. The number of nitrogens with zero attached hydrogens (tertiary/aromatic N) is 1. The van der Waals surface area contributed by atoms with Gasteiger partial charge in [0.2, 0.25) is 0 Å². The second-order valence-electron chi connectivity index (χ2n) is 3.68. The van der Waals surface area contributed by atoms with Gasteiger partial charge in [-0.25, -0.2) is 4.79 Å². The number of pyridine rings is 1. The average Bonchev–Trinajstić information content (AvgIpc) is 2.30. The van der Waals surface area contributed by atoms with Crippen LogP contribution in [-0.2, 0) is 0 Å². The molecule has 0 saturated heterocycles. The molecular weight excluding hydrogens is 202 g/mol. The fourth-order valence-corrected chi connectivity index (χ4v) is 1.37. The molecule has 88 valence electrons.